The van der Waals surface area contributed by atoms with Crippen molar-refractivity contribution >= 4 is 0 Å². The fourth-order valence-corrected chi connectivity index (χ4v) is 0.267. The molecule has 0 rings (SSSR count). The first-order chi connectivity index (χ1) is 3.27. The second-order valence-electron chi connectivity index (χ2n) is 1.29. The Bertz CT molecular complexity index is 39.4. The van der Waals surface area contributed by atoms with E-state index in [1.54, 1.807) is 0 Å². The van der Waals surface area contributed by atoms with Crippen LogP contribution in [0.3, 0.4) is 0 Å². The summed E-state index contributed by atoms with van der Waals surface area (Å²) < 4.78 is 0. The molecule has 0 amide bonds. The van der Waals surface area contributed by atoms with Gasteiger partial charge in [0.05, 0.1) is 0 Å². The average Bonchev–Trinajstić information content (AvgIpc) is 1.61. The van der Waals surface area contributed by atoms with Gasteiger partial charge in [0.25, 0.3) is 0 Å². The molecule has 0 aliphatic carbocycles. The van der Waals surface area contributed by atoms with Crippen molar-refractivity contribution in [3.8, 4) is 0 Å². The van der Waals surface area contributed by atoms with E-state index in [1.165, 1.54) is 6.42 Å². The first-order valence-electron chi connectivity index (χ1n) is 2.26. The summed E-state index contributed by atoms with van der Waals surface area (Å²) in [5, 5.41) is 16.3. The van der Waals surface area contributed by atoms with Crippen LogP contribution in [-0.2, 0) is 0 Å². The second kappa shape index (κ2) is 5.92. The molecule has 0 aliphatic heterocycles. The zero-order valence-corrected chi connectivity index (χ0v) is 11.4. The molecule has 0 spiro atoms. The van der Waals surface area contributed by atoms with Crippen LogP contribution in [0.2, 0.25) is 0 Å². The number of aliphatic hydroxyl groups excluding tert-OH is 1. The minimum Gasteiger partial charge on any atom is -0.399 e. The molecule has 46 valence electrons. The van der Waals surface area contributed by atoms with E-state index in [-0.39, 0.29) is 0 Å². The van der Waals surface area contributed by atoms with Crippen molar-refractivity contribution in [3.63, 3.8) is 0 Å². The molecular weight excluding hydrogens is 362 g/mol. The summed E-state index contributed by atoms with van der Waals surface area (Å²) in [4.78, 5) is 0. The largest absolute Gasteiger partial charge is 0.399 e. The molecule has 3 heteroatoms. The molecule has 0 radical (unpaired) electrons. The third-order valence-electron chi connectivity index (χ3n) is 0.582. The number of aliphatic hydroxyl groups is 2. The monoisotopic (exact) mass is 372 g/mol. The Morgan fingerprint density at radius 2 is 2.00 bits per heavy atom. The van der Waals surface area contributed by atoms with E-state index in [2.05, 4.69) is 6.92 Å². The number of unbranched alkanes of at least 4 members (excludes halogenated alkanes) is 1. The fourth-order valence-electron chi connectivity index (χ4n) is 0.267. The normalized spacial score (nSPS) is 9.00. The Kier molecular flexibility index (Phi) is 7.41. The van der Waals surface area contributed by atoms with Crippen molar-refractivity contribution < 1.29 is 10.2 Å². The van der Waals surface area contributed by atoms with Gasteiger partial charge in [-0.1, -0.05) is 0 Å². The van der Waals surface area contributed by atoms with Gasteiger partial charge in [0.1, 0.15) is 0 Å². The van der Waals surface area contributed by atoms with E-state index in [4.69, 9.17) is 10.2 Å². The number of rotatable bonds is 3. The van der Waals surface area contributed by atoms with Gasteiger partial charge in [-0.05, 0) is 0 Å². The summed E-state index contributed by atoms with van der Waals surface area (Å²) in [7, 11) is 0. The maximum Gasteiger partial charge on any atom is 0.0287 e. The van der Waals surface area contributed by atoms with Gasteiger partial charge in [-0.3, -0.25) is 6.42 Å². The van der Waals surface area contributed by atoms with E-state index in [9.17, 15) is 0 Å². The summed E-state index contributed by atoms with van der Waals surface area (Å²) in [6.07, 6.45) is 1.52. The molecule has 0 saturated heterocycles. The predicted octanol–water partition coefficient (Wildman–Crippen LogP) is 0.116. The fraction of sp³-hybridized carbons (Fsp3) is 0.600. The van der Waals surface area contributed by atoms with Gasteiger partial charge < -0.3 is 17.1 Å². The van der Waals surface area contributed by atoms with Crippen molar-refractivity contribution in [3.05, 3.63) is 13.3 Å². The average molecular weight is 372 g/mol. The Labute approximate surface area is 43.8 Å². The van der Waals surface area contributed by atoms with Crippen LogP contribution in [0.5, 0.6) is 0 Å². The van der Waals surface area contributed by atoms with Crippen LogP contribution >= 0.6 is 0 Å². The van der Waals surface area contributed by atoms with Crippen molar-refractivity contribution in [2.75, 3.05) is 0 Å². The topological polar surface area (TPSA) is 40.5 Å². The number of hydrogen-bond donors (Lipinski definition) is 2. The second-order valence-corrected chi connectivity index (χ2v) is 1.29. The van der Waals surface area contributed by atoms with Gasteiger partial charge in [-0.25, -0.2) is 12.8 Å². The minimum atomic E-state index is -1.26. The summed E-state index contributed by atoms with van der Waals surface area (Å²) >= 11 is 0. The Morgan fingerprint density at radius 1 is 1.50 bits per heavy atom. The molecule has 8 heavy (non-hydrogen) atoms. The van der Waals surface area contributed by atoms with E-state index in [0.29, 0.717) is 6.42 Å². The van der Waals surface area contributed by atoms with E-state index in [1.807, 2.05) is 0 Å². The third kappa shape index (κ3) is 8.87. The molecule has 0 unspecified atom stereocenters. The van der Waals surface area contributed by atoms with E-state index >= 15 is 0 Å². The van der Waals surface area contributed by atoms with Gasteiger partial charge in [0, 0.05) is 6.29 Å². The van der Waals surface area contributed by atoms with Crippen LogP contribution in [-0.4, -0.2) is 16.5 Å². The first kappa shape index (κ1) is 10.0. The summed E-state index contributed by atoms with van der Waals surface area (Å²) in [6, 6.07) is 0. The van der Waals surface area contributed by atoms with Crippen molar-refractivity contribution in [1.29, 1.82) is 0 Å². The predicted molar refractivity (Wildman–Crippen MR) is 27.1 cm³/mol. The van der Waals surface area contributed by atoms with E-state index < -0.39 is 6.29 Å². The van der Waals surface area contributed by atoms with Gasteiger partial charge in [-0.2, -0.15) is 0 Å². The van der Waals surface area contributed by atoms with Gasteiger partial charge in [0.2, 0.25) is 0 Å². The molecule has 0 atom stereocenters. The maximum absolute atomic E-state index is 8.16. The van der Waals surface area contributed by atoms with Crippen LogP contribution in [0.15, 0.2) is 0 Å². The standard InChI is InChI=1S/C5H10O2.Bh/c1-2-3-4-5(6)7;/h4-7H,1-3H2;/q-2;. The van der Waals surface area contributed by atoms with Crippen molar-refractivity contribution in [1.82, 2.24) is 0 Å². The third-order valence-corrected chi connectivity index (χ3v) is 0.582. The zero-order chi connectivity index (χ0) is 5.70. The molecule has 2 nitrogen and oxygen atoms in total. The molecule has 0 aliphatic rings. The summed E-state index contributed by atoms with van der Waals surface area (Å²) in [6.45, 7) is 3.50. The smallest absolute Gasteiger partial charge is 0.0287 e. The van der Waals surface area contributed by atoms with Crippen LogP contribution in [0.4, 0.5) is 0 Å². The molecule has 0 heterocycles. The van der Waals surface area contributed by atoms with Gasteiger partial charge in [0.15, 0.2) is 0 Å². The van der Waals surface area contributed by atoms with Crippen LogP contribution in [0.1, 0.15) is 12.8 Å². The van der Waals surface area contributed by atoms with Crippen LogP contribution in [0, 0.1) is 13.3 Å². The van der Waals surface area contributed by atoms with Crippen LogP contribution in [0.25, 0.3) is 0 Å². The molecule has 2 N–H and O–H groups in total. The quantitative estimate of drug-likeness (QED) is 0.546. The number of hydrogen-bond acceptors (Lipinski definition) is 2. The van der Waals surface area contributed by atoms with Gasteiger partial charge >= 0.3 is 0 Å². The minimum absolute atomic E-state index is 0. The summed E-state index contributed by atoms with van der Waals surface area (Å²) in [5.74, 6) is 0. The Morgan fingerprint density at radius 3 is 2.12 bits per heavy atom. The van der Waals surface area contributed by atoms with E-state index in [0.717, 1.165) is 6.42 Å². The Balaban J connectivity index is 0. The van der Waals surface area contributed by atoms with Crippen LogP contribution < -0.4 is 0 Å². The van der Waals surface area contributed by atoms with Crippen molar-refractivity contribution in [2.24, 2.45) is 0 Å². The summed E-state index contributed by atoms with van der Waals surface area (Å²) in [5.41, 5.74) is 0. The molecule has 0 saturated carbocycles. The first-order valence-corrected chi connectivity index (χ1v) is 2.26. The molecule has 0 fully saturated rings. The molecule has 0 bridgehead atoms. The van der Waals surface area contributed by atoms with Crippen molar-refractivity contribution in [2.45, 2.75) is 19.1 Å². The Hall–Kier alpha value is -1.08. The zero-order valence-electron chi connectivity index (χ0n) is 4.88. The molecule has 0 aromatic carbocycles. The maximum atomic E-state index is 8.16. The SMILES string of the molecule is [Bh].[CH2-]CC[CH-]C(O)O. The molecule has 0 aromatic rings. The van der Waals surface area contributed by atoms with Gasteiger partial charge in [-0.15, -0.1) is 0 Å². The molecular formula is C5H10BhO2-2. The molecule has 0 aromatic heterocycles.